The van der Waals surface area contributed by atoms with E-state index in [-0.39, 0.29) is 11.2 Å². The number of carbonyl (C=O) groups is 1. The first kappa shape index (κ1) is 23.0. The molecular weight excluding hydrogens is 444 g/mol. The van der Waals surface area contributed by atoms with Crippen molar-refractivity contribution in [2.75, 3.05) is 26.6 Å². The number of hydrogen-bond donors (Lipinski definition) is 1. The molecule has 1 atom stereocenters. The second kappa shape index (κ2) is 8.45. The first-order valence-electron chi connectivity index (χ1n) is 11.6. The van der Waals surface area contributed by atoms with Gasteiger partial charge in [0, 0.05) is 34.9 Å². The lowest BCUT2D eigenvalue weighted by molar-refractivity contribution is -0.118. The molecule has 5 rings (SSSR count). The van der Waals surface area contributed by atoms with E-state index in [1.54, 1.807) is 32.1 Å². The predicted molar refractivity (Wildman–Crippen MR) is 133 cm³/mol. The lowest BCUT2D eigenvalue weighted by atomic mass is 9.73. The van der Waals surface area contributed by atoms with Crippen LogP contribution in [0, 0.1) is 12.3 Å². The molecule has 0 radical (unpaired) electrons. The molecule has 8 heteroatoms. The van der Waals surface area contributed by atoms with Crippen LogP contribution in [0.15, 0.2) is 47.7 Å². The van der Waals surface area contributed by atoms with Gasteiger partial charge < -0.3 is 19.5 Å². The fourth-order valence-corrected chi connectivity index (χ4v) is 5.07. The Kier molecular flexibility index (Phi) is 5.54. The molecule has 2 aromatic carbocycles. The number of hydrogen-bond acceptors (Lipinski definition) is 7. The van der Waals surface area contributed by atoms with Gasteiger partial charge in [-0.25, -0.2) is 4.68 Å². The first-order valence-corrected chi connectivity index (χ1v) is 11.6. The lowest BCUT2D eigenvalue weighted by Crippen LogP contribution is -2.36. The molecule has 35 heavy (non-hydrogen) atoms. The van der Waals surface area contributed by atoms with Gasteiger partial charge in [-0.1, -0.05) is 37.6 Å². The quantitative estimate of drug-likeness (QED) is 0.561. The van der Waals surface area contributed by atoms with E-state index in [4.69, 9.17) is 24.3 Å². The van der Waals surface area contributed by atoms with Gasteiger partial charge in [-0.3, -0.25) is 4.79 Å². The van der Waals surface area contributed by atoms with E-state index >= 15 is 0 Å². The molecular formula is C27H30N4O4. The molecule has 8 nitrogen and oxygen atoms in total. The predicted octanol–water partition coefficient (Wildman–Crippen LogP) is 4.94. The summed E-state index contributed by atoms with van der Waals surface area (Å²) in [6.45, 7) is 6.26. The number of Topliss-reactive ketones (excluding diaryl/α,β-unsaturated/α-hetero) is 1. The number of methoxy groups -OCH3 is 3. The van der Waals surface area contributed by atoms with Gasteiger partial charge in [0.15, 0.2) is 23.1 Å². The summed E-state index contributed by atoms with van der Waals surface area (Å²) in [5.41, 5.74) is 4.20. The van der Waals surface area contributed by atoms with Crippen molar-refractivity contribution in [3.8, 4) is 28.6 Å². The summed E-state index contributed by atoms with van der Waals surface area (Å²) in [5, 5.41) is 8.31. The summed E-state index contributed by atoms with van der Waals surface area (Å²) in [4.78, 5) is 18.4. The fourth-order valence-electron chi connectivity index (χ4n) is 5.07. The highest BCUT2D eigenvalue weighted by molar-refractivity contribution is 6.00. The molecule has 1 aliphatic heterocycles. The highest BCUT2D eigenvalue weighted by Gasteiger charge is 2.43. The number of benzene rings is 2. The number of carbonyl (C=O) groups excluding carboxylic acids is 1. The average molecular weight is 475 g/mol. The van der Waals surface area contributed by atoms with Gasteiger partial charge in [0.25, 0.3) is 0 Å². The molecule has 1 aliphatic carbocycles. The van der Waals surface area contributed by atoms with E-state index in [0.717, 1.165) is 28.8 Å². The van der Waals surface area contributed by atoms with Crippen molar-refractivity contribution in [1.29, 1.82) is 0 Å². The van der Waals surface area contributed by atoms with Crippen molar-refractivity contribution < 1.29 is 19.0 Å². The SMILES string of the molecule is COc1cc(OC)c(C2C3=C(CC(C)(C)CC3=O)Nc3nc(-c4cccc(C)c4)nn32)cc1OC. The lowest BCUT2D eigenvalue weighted by Gasteiger charge is -2.38. The summed E-state index contributed by atoms with van der Waals surface area (Å²) in [6, 6.07) is 11.2. The number of ether oxygens (including phenoxy) is 3. The van der Waals surface area contributed by atoms with Crippen LogP contribution < -0.4 is 19.5 Å². The minimum Gasteiger partial charge on any atom is -0.496 e. The van der Waals surface area contributed by atoms with Gasteiger partial charge in [-0.05, 0) is 30.9 Å². The van der Waals surface area contributed by atoms with Crippen molar-refractivity contribution in [2.24, 2.45) is 5.41 Å². The number of nitrogens with zero attached hydrogens (tertiary/aromatic N) is 3. The summed E-state index contributed by atoms with van der Waals surface area (Å²) >= 11 is 0. The zero-order valence-corrected chi connectivity index (χ0v) is 20.9. The molecule has 0 bridgehead atoms. The van der Waals surface area contributed by atoms with Crippen LogP contribution in [0.3, 0.4) is 0 Å². The van der Waals surface area contributed by atoms with Crippen LogP contribution >= 0.6 is 0 Å². The molecule has 1 N–H and O–H groups in total. The minimum absolute atomic E-state index is 0.0869. The molecule has 1 aromatic heterocycles. The number of allylic oxidation sites excluding steroid dienone is 2. The van der Waals surface area contributed by atoms with Gasteiger partial charge in [-0.2, -0.15) is 4.98 Å². The Morgan fingerprint density at radius 1 is 1.00 bits per heavy atom. The fraction of sp³-hybridized carbons (Fsp3) is 0.370. The van der Waals surface area contributed by atoms with Crippen LogP contribution in [-0.4, -0.2) is 41.9 Å². The minimum atomic E-state index is -0.523. The van der Waals surface area contributed by atoms with Crippen LogP contribution in [0.25, 0.3) is 11.4 Å². The van der Waals surface area contributed by atoms with E-state index in [9.17, 15) is 4.79 Å². The van der Waals surface area contributed by atoms with Gasteiger partial charge in [0.1, 0.15) is 11.8 Å². The van der Waals surface area contributed by atoms with Crippen molar-refractivity contribution in [3.05, 3.63) is 58.8 Å². The van der Waals surface area contributed by atoms with Crippen molar-refractivity contribution in [1.82, 2.24) is 14.8 Å². The van der Waals surface area contributed by atoms with Crippen molar-refractivity contribution in [2.45, 2.75) is 39.7 Å². The van der Waals surface area contributed by atoms with Gasteiger partial charge in [-0.15, -0.1) is 5.10 Å². The van der Waals surface area contributed by atoms with Crippen LogP contribution in [0.4, 0.5) is 5.95 Å². The second-order valence-electron chi connectivity index (χ2n) is 9.88. The Bertz CT molecular complexity index is 1360. The monoisotopic (exact) mass is 474 g/mol. The molecule has 0 amide bonds. The first-order chi connectivity index (χ1) is 16.7. The maximum atomic E-state index is 13.6. The normalized spacial score (nSPS) is 18.5. The van der Waals surface area contributed by atoms with Crippen LogP contribution in [-0.2, 0) is 4.79 Å². The molecule has 2 heterocycles. The van der Waals surface area contributed by atoms with E-state index in [2.05, 4.69) is 25.2 Å². The Balaban J connectivity index is 1.75. The van der Waals surface area contributed by atoms with Gasteiger partial charge in [0.05, 0.1) is 21.3 Å². The van der Waals surface area contributed by atoms with Gasteiger partial charge in [0.2, 0.25) is 5.95 Å². The molecule has 0 saturated heterocycles. The molecule has 0 fully saturated rings. The zero-order valence-electron chi connectivity index (χ0n) is 20.9. The molecule has 3 aromatic rings. The molecule has 1 unspecified atom stereocenters. The number of aryl methyl sites for hydroxylation is 1. The Labute approximate surface area is 204 Å². The Morgan fingerprint density at radius 3 is 2.40 bits per heavy atom. The largest absolute Gasteiger partial charge is 0.496 e. The van der Waals surface area contributed by atoms with Crippen LogP contribution in [0.1, 0.15) is 43.9 Å². The molecule has 2 aliphatic rings. The third-order valence-corrected chi connectivity index (χ3v) is 6.64. The number of aromatic nitrogens is 3. The molecule has 182 valence electrons. The Morgan fingerprint density at radius 2 is 1.71 bits per heavy atom. The van der Waals surface area contributed by atoms with Gasteiger partial charge >= 0.3 is 0 Å². The third-order valence-electron chi connectivity index (χ3n) is 6.64. The maximum Gasteiger partial charge on any atom is 0.226 e. The van der Waals surface area contributed by atoms with E-state index in [1.807, 2.05) is 31.2 Å². The summed E-state index contributed by atoms with van der Waals surface area (Å²) in [6.07, 6.45) is 1.18. The standard InChI is InChI=1S/C27H30N4O4/c1-15-8-7-9-16(10-15)25-29-26-28-18-13-27(2,3)14-19(32)23(18)24(31(26)30-25)17-11-21(34-5)22(35-6)12-20(17)33-4/h7-12,24H,13-14H2,1-6H3,(H,28,29,30). The highest BCUT2D eigenvalue weighted by Crippen LogP contribution is 2.49. The highest BCUT2D eigenvalue weighted by atomic mass is 16.5. The molecule has 0 spiro atoms. The Hall–Kier alpha value is -3.81. The average Bonchev–Trinajstić information content (AvgIpc) is 3.25. The van der Waals surface area contributed by atoms with Crippen molar-refractivity contribution >= 4 is 11.7 Å². The number of nitrogens with one attached hydrogen (secondary N) is 1. The number of ketones is 1. The smallest absolute Gasteiger partial charge is 0.226 e. The number of rotatable bonds is 5. The second-order valence-corrected chi connectivity index (χ2v) is 9.88. The summed E-state index contributed by atoms with van der Waals surface area (Å²) in [7, 11) is 4.78. The summed E-state index contributed by atoms with van der Waals surface area (Å²) < 4.78 is 18.6. The topological polar surface area (TPSA) is 87.5 Å². The van der Waals surface area contributed by atoms with E-state index in [0.29, 0.717) is 41.0 Å². The maximum absolute atomic E-state index is 13.6. The van der Waals surface area contributed by atoms with Crippen molar-refractivity contribution in [3.63, 3.8) is 0 Å². The van der Waals surface area contributed by atoms with Crippen LogP contribution in [0.5, 0.6) is 17.2 Å². The third kappa shape index (κ3) is 3.92. The van der Waals surface area contributed by atoms with Crippen LogP contribution in [0.2, 0.25) is 0 Å². The number of anilines is 1. The van der Waals surface area contributed by atoms with E-state index < -0.39 is 6.04 Å². The summed E-state index contributed by atoms with van der Waals surface area (Å²) in [5.74, 6) is 2.95. The molecule has 0 saturated carbocycles. The number of fused-ring (bicyclic) bond motifs is 1. The zero-order chi connectivity index (χ0) is 24.9. The van der Waals surface area contributed by atoms with E-state index in [1.165, 1.54) is 0 Å².